The van der Waals surface area contributed by atoms with Gasteiger partial charge < -0.3 is 4.57 Å². The molecule has 0 amide bonds. The minimum Gasteiger partial charge on any atom is -0.303 e. The van der Waals surface area contributed by atoms with Crippen molar-refractivity contribution in [1.29, 1.82) is 0 Å². The van der Waals surface area contributed by atoms with Crippen molar-refractivity contribution < 1.29 is 0 Å². The zero-order valence-electron chi connectivity index (χ0n) is 8.39. The zero-order chi connectivity index (χ0) is 11.0. The van der Waals surface area contributed by atoms with Crippen LogP contribution in [0.1, 0.15) is 0 Å². The van der Waals surface area contributed by atoms with Crippen LogP contribution in [0.25, 0.3) is 11.3 Å². The van der Waals surface area contributed by atoms with Gasteiger partial charge in [0, 0.05) is 26.5 Å². The number of aromatic nitrogens is 4. The van der Waals surface area contributed by atoms with Gasteiger partial charge in [-0.15, -0.1) is 0 Å². The van der Waals surface area contributed by atoms with E-state index in [4.69, 9.17) is 0 Å². The molecule has 0 aliphatic heterocycles. The Balaban J connectivity index is 2.81. The van der Waals surface area contributed by atoms with Crippen LogP contribution in [0.15, 0.2) is 28.0 Å². The van der Waals surface area contributed by atoms with Crippen molar-refractivity contribution in [3.05, 3.63) is 39.3 Å². The van der Waals surface area contributed by atoms with E-state index >= 15 is 0 Å². The Hall–Kier alpha value is -2.11. The molecule has 78 valence electrons. The first-order valence-electron chi connectivity index (χ1n) is 4.38. The largest absolute Gasteiger partial charge is 0.330 e. The quantitative estimate of drug-likeness (QED) is 0.682. The Kier molecular flexibility index (Phi) is 2.03. The predicted octanol–water partition coefficient (Wildman–Crippen LogP) is -0.526. The minimum absolute atomic E-state index is 0.342. The summed E-state index contributed by atoms with van der Waals surface area (Å²) in [4.78, 5) is 23.1. The number of hydrogen-bond donors (Lipinski definition) is 1. The third-order valence-electron chi connectivity index (χ3n) is 2.22. The summed E-state index contributed by atoms with van der Waals surface area (Å²) in [6.45, 7) is 0. The fourth-order valence-corrected chi connectivity index (χ4v) is 1.39. The van der Waals surface area contributed by atoms with E-state index in [0.29, 0.717) is 11.3 Å². The number of H-pyrrole nitrogens is 1. The second kappa shape index (κ2) is 3.23. The van der Waals surface area contributed by atoms with Crippen molar-refractivity contribution in [2.24, 2.45) is 14.1 Å². The summed E-state index contributed by atoms with van der Waals surface area (Å²) < 4.78 is 2.41. The molecule has 15 heavy (non-hydrogen) atoms. The molecule has 0 saturated heterocycles. The van der Waals surface area contributed by atoms with Crippen LogP contribution >= 0.6 is 0 Å². The lowest BCUT2D eigenvalue weighted by Crippen LogP contribution is -2.37. The second-order valence-corrected chi connectivity index (χ2v) is 3.26. The molecule has 0 aliphatic carbocycles. The van der Waals surface area contributed by atoms with Crippen molar-refractivity contribution >= 4 is 0 Å². The molecule has 2 heterocycles. The monoisotopic (exact) mass is 206 g/mol. The van der Waals surface area contributed by atoms with E-state index in [-0.39, 0.29) is 11.2 Å². The molecule has 0 fully saturated rings. The Morgan fingerprint density at radius 2 is 2.07 bits per heavy atom. The standard InChI is InChI=1S/C9H10N4O2/c1-12-5-6(7-3-4-10-11-7)8(14)13(2)9(12)15/h3-5H,1-2H3,(H,10,11). The fourth-order valence-electron chi connectivity index (χ4n) is 1.39. The van der Waals surface area contributed by atoms with E-state index in [9.17, 15) is 9.59 Å². The van der Waals surface area contributed by atoms with Crippen molar-refractivity contribution in [3.8, 4) is 11.3 Å². The lowest BCUT2D eigenvalue weighted by atomic mass is 10.2. The molecular weight excluding hydrogens is 196 g/mol. The highest BCUT2D eigenvalue weighted by molar-refractivity contribution is 5.55. The molecule has 2 rings (SSSR count). The molecule has 0 unspecified atom stereocenters. The van der Waals surface area contributed by atoms with Crippen molar-refractivity contribution in [2.45, 2.75) is 0 Å². The average molecular weight is 206 g/mol. The van der Waals surface area contributed by atoms with Gasteiger partial charge in [-0.2, -0.15) is 5.10 Å². The SMILES string of the molecule is Cn1cc(-c2cc[nH]n2)c(=O)n(C)c1=O. The summed E-state index contributed by atoms with van der Waals surface area (Å²) in [5.41, 5.74) is 0.247. The van der Waals surface area contributed by atoms with Gasteiger partial charge >= 0.3 is 5.69 Å². The number of nitrogens with zero attached hydrogens (tertiary/aromatic N) is 3. The third-order valence-corrected chi connectivity index (χ3v) is 2.22. The van der Waals surface area contributed by atoms with Crippen LogP contribution in [-0.2, 0) is 14.1 Å². The van der Waals surface area contributed by atoms with Crippen LogP contribution in [0.3, 0.4) is 0 Å². The molecule has 6 nitrogen and oxygen atoms in total. The zero-order valence-corrected chi connectivity index (χ0v) is 8.39. The Bertz CT molecular complexity index is 592. The predicted molar refractivity (Wildman–Crippen MR) is 54.5 cm³/mol. The first-order valence-corrected chi connectivity index (χ1v) is 4.38. The van der Waals surface area contributed by atoms with Crippen molar-refractivity contribution in [1.82, 2.24) is 19.3 Å². The van der Waals surface area contributed by atoms with Gasteiger partial charge in [-0.25, -0.2) is 4.79 Å². The molecule has 2 aromatic heterocycles. The summed E-state index contributed by atoms with van der Waals surface area (Å²) in [7, 11) is 3.04. The number of aryl methyl sites for hydroxylation is 1. The van der Waals surface area contributed by atoms with E-state index in [0.717, 1.165) is 4.57 Å². The van der Waals surface area contributed by atoms with Crippen LogP contribution in [0, 0.1) is 0 Å². The van der Waals surface area contributed by atoms with Gasteiger partial charge in [-0.3, -0.25) is 14.5 Å². The molecule has 6 heteroatoms. The molecule has 0 atom stereocenters. The molecule has 1 N–H and O–H groups in total. The molecule has 0 aliphatic rings. The molecule has 0 aromatic carbocycles. The summed E-state index contributed by atoms with van der Waals surface area (Å²) in [6.07, 6.45) is 3.11. The van der Waals surface area contributed by atoms with Crippen molar-refractivity contribution in [3.63, 3.8) is 0 Å². The molecule has 0 radical (unpaired) electrons. The van der Waals surface area contributed by atoms with E-state index in [1.54, 1.807) is 19.3 Å². The highest BCUT2D eigenvalue weighted by Crippen LogP contribution is 2.08. The Labute approximate surface area is 84.8 Å². The summed E-state index contributed by atoms with van der Waals surface area (Å²) in [5.74, 6) is 0. The van der Waals surface area contributed by atoms with Gasteiger partial charge in [0.05, 0.1) is 11.3 Å². The second-order valence-electron chi connectivity index (χ2n) is 3.26. The van der Waals surface area contributed by atoms with E-state index in [1.165, 1.54) is 17.8 Å². The fraction of sp³-hybridized carbons (Fsp3) is 0.222. The molecule has 0 spiro atoms. The highest BCUT2D eigenvalue weighted by atomic mass is 16.2. The minimum atomic E-state index is -0.348. The van der Waals surface area contributed by atoms with E-state index in [1.807, 2.05) is 0 Å². The van der Waals surface area contributed by atoms with Crippen LogP contribution < -0.4 is 11.2 Å². The molecule has 0 bridgehead atoms. The van der Waals surface area contributed by atoms with Gasteiger partial charge in [-0.1, -0.05) is 0 Å². The molecular formula is C9H10N4O2. The average Bonchev–Trinajstić information content (AvgIpc) is 2.73. The van der Waals surface area contributed by atoms with Gasteiger partial charge in [0.25, 0.3) is 5.56 Å². The molecule has 0 saturated carbocycles. The lowest BCUT2D eigenvalue weighted by molar-refractivity contribution is 0.688. The van der Waals surface area contributed by atoms with Gasteiger partial charge in [-0.05, 0) is 6.07 Å². The van der Waals surface area contributed by atoms with Gasteiger partial charge in [0.2, 0.25) is 0 Å². The highest BCUT2D eigenvalue weighted by Gasteiger charge is 2.09. The maximum Gasteiger partial charge on any atom is 0.330 e. The topological polar surface area (TPSA) is 72.7 Å². The maximum atomic E-state index is 11.7. The van der Waals surface area contributed by atoms with Crippen LogP contribution in [0.2, 0.25) is 0 Å². The lowest BCUT2D eigenvalue weighted by Gasteiger charge is -2.03. The van der Waals surface area contributed by atoms with Crippen molar-refractivity contribution in [2.75, 3.05) is 0 Å². The van der Waals surface area contributed by atoms with Crippen LogP contribution in [-0.4, -0.2) is 19.3 Å². The Morgan fingerprint density at radius 1 is 1.33 bits per heavy atom. The maximum absolute atomic E-state index is 11.7. The van der Waals surface area contributed by atoms with Gasteiger partial charge in [0.15, 0.2) is 0 Å². The number of aromatic amines is 1. The number of nitrogens with one attached hydrogen (secondary N) is 1. The van der Waals surface area contributed by atoms with E-state index < -0.39 is 0 Å². The smallest absolute Gasteiger partial charge is 0.303 e. The van der Waals surface area contributed by atoms with Crippen LogP contribution in [0.5, 0.6) is 0 Å². The molecule has 2 aromatic rings. The van der Waals surface area contributed by atoms with Crippen LogP contribution in [0.4, 0.5) is 0 Å². The van der Waals surface area contributed by atoms with E-state index in [2.05, 4.69) is 10.2 Å². The summed E-state index contributed by atoms with van der Waals surface area (Å²) in [5, 5.41) is 6.53. The summed E-state index contributed by atoms with van der Waals surface area (Å²) >= 11 is 0. The normalized spacial score (nSPS) is 10.5. The van der Waals surface area contributed by atoms with Gasteiger partial charge in [0.1, 0.15) is 0 Å². The summed E-state index contributed by atoms with van der Waals surface area (Å²) in [6, 6.07) is 1.68. The third kappa shape index (κ3) is 1.39. The Morgan fingerprint density at radius 3 is 2.67 bits per heavy atom. The first kappa shape index (κ1) is 9.45. The number of rotatable bonds is 1. The number of hydrogen-bond acceptors (Lipinski definition) is 3. The first-order chi connectivity index (χ1) is 7.11.